The Bertz CT molecular complexity index is 897. The van der Waals surface area contributed by atoms with E-state index in [9.17, 15) is 9.18 Å². The van der Waals surface area contributed by atoms with E-state index in [1.54, 1.807) is 42.8 Å². The zero-order valence-electron chi connectivity index (χ0n) is 15.1. The van der Waals surface area contributed by atoms with Crippen LogP contribution in [0.15, 0.2) is 65.4 Å². The second kappa shape index (κ2) is 8.46. The Hall–Kier alpha value is -3.19. The van der Waals surface area contributed by atoms with E-state index < -0.39 is 5.82 Å². The van der Waals surface area contributed by atoms with Crippen molar-refractivity contribution < 1.29 is 13.6 Å². The molecule has 0 aliphatic heterocycles. The minimum Gasteiger partial charge on any atom is -0.468 e. The molecule has 0 fully saturated rings. The Kier molecular flexibility index (Phi) is 5.83. The van der Waals surface area contributed by atoms with Gasteiger partial charge < -0.3 is 15.1 Å². The lowest BCUT2D eigenvalue weighted by Gasteiger charge is -2.22. The van der Waals surface area contributed by atoms with Crippen LogP contribution >= 0.6 is 0 Å². The van der Waals surface area contributed by atoms with Gasteiger partial charge in [0.1, 0.15) is 17.4 Å². The van der Waals surface area contributed by atoms with E-state index in [0.29, 0.717) is 17.9 Å². The van der Waals surface area contributed by atoms with Gasteiger partial charge in [0, 0.05) is 12.7 Å². The first-order chi connectivity index (χ1) is 13.1. The number of hydrogen-bond acceptors (Lipinski definition) is 5. The van der Waals surface area contributed by atoms with Gasteiger partial charge in [-0.25, -0.2) is 9.37 Å². The Morgan fingerprint density at radius 3 is 2.70 bits per heavy atom. The third kappa shape index (κ3) is 4.51. The van der Waals surface area contributed by atoms with E-state index >= 15 is 0 Å². The van der Waals surface area contributed by atoms with E-state index in [4.69, 9.17) is 4.42 Å². The van der Waals surface area contributed by atoms with E-state index in [2.05, 4.69) is 15.6 Å². The number of furan rings is 1. The predicted molar refractivity (Wildman–Crippen MR) is 101 cm³/mol. The Morgan fingerprint density at radius 2 is 2.00 bits per heavy atom. The number of pyridine rings is 1. The maximum absolute atomic E-state index is 13.9. The maximum atomic E-state index is 13.9. The smallest absolute Gasteiger partial charge is 0.255 e. The quantitative estimate of drug-likeness (QED) is 0.667. The fraction of sp³-hybridized carbons (Fsp3) is 0.200. The number of para-hydroxylation sites is 1. The molecule has 140 valence electrons. The lowest BCUT2D eigenvalue weighted by atomic mass is 10.2. The third-order valence-electron chi connectivity index (χ3n) is 4.13. The normalized spacial score (nSPS) is 12.0. The van der Waals surface area contributed by atoms with Gasteiger partial charge in [-0.05, 0) is 50.5 Å². The lowest BCUT2D eigenvalue weighted by molar-refractivity contribution is 0.0939. The van der Waals surface area contributed by atoms with Crippen molar-refractivity contribution in [2.75, 3.05) is 26.0 Å². The number of benzene rings is 1. The van der Waals surface area contributed by atoms with Crippen LogP contribution in [0.3, 0.4) is 0 Å². The molecule has 27 heavy (non-hydrogen) atoms. The number of hydrogen-bond donors (Lipinski definition) is 2. The van der Waals surface area contributed by atoms with Crippen molar-refractivity contribution in [1.29, 1.82) is 0 Å². The largest absolute Gasteiger partial charge is 0.468 e. The molecule has 3 rings (SSSR count). The molecule has 0 aliphatic carbocycles. The van der Waals surface area contributed by atoms with Crippen LogP contribution in [0, 0.1) is 5.82 Å². The Labute approximate surface area is 157 Å². The third-order valence-corrected chi connectivity index (χ3v) is 4.13. The summed E-state index contributed by atoms with van der Waals surface area (Å²) in [5.41, 5.74) is 0.588. The molecule has 0 radical (unpaired) electrons. The molecule has 1 aromatic carbocycles. The molecule has 0 aliphatic rings. The molecule has 6 nitrogen and oxygen atoms in total. The molecule has 0 saturated heterocycles. The van der Waals surface area contributed by atoms with Crippen LogP contribution in [0.4, 0.5) is 15.9 Å². The summed E-state index contributed by atoms with van der Waals surface area (Å²) in [5, 5.41) is 5.78. The predicted octanol–water partition coefficient (Wildman–Crippen LogP) is 3.59. The summed E-state index contributed by atoms with van der Waals surface area (Å²) in [6.45, 7) is 0.355. The standard InChI is InChI=1S/C20H21FN4O2/c1-25(2)17(18-10-6-12-27-18)13-23-20(26)14-7-5-11-22-19(14)24-16-9-4-3-8-15(16)21/h3-12,17H,13H2,1-2H3,(H,22,24)(H,23,26). The van der Waals surface area contributed by atoms with Crippen LogP contribution in [-0.2, 0) is 0 Å². The van der Waals surface area contributed by atoms with Gasteiger partial charge in [-0.1, -0.05) is 12.1 Å². The first-order valence-corrected chi connectivity index (χ1v) is 8.51. The molecule has 1 atom stereocenters. The zero-order valence-corrected chi connectivity index (χ0v) is 15.1. The number of carbonyl (C=O) groups excluding carboxylic acids is 1. The van der Waals surface area contributed by atoms with Crippen LogP contribution in [-0.4, -0.2) is 36.4 Å². The molecule has 0 bridgehead atoms. The van der Waals surface area contributed by atoms with Crippen LogP contribution in [0.5, 0.6) is 0 Å². The van der Waals surface area contributed by atoms with Crippen molar-refractivity contribution in [3.63, 3.8) is 0 Å². The summed E-state index contributed by atoms with van der Waals surface area (Å²) >= 11 is 0. The molecule has 2 aromatic heterocycles. The van der Waals surface area contributed by atoms with Gasteiger partial charge in [0.15, 0.2) is 0 Å². The summed E-state index contributed by atoms with van der Waals surface area (Å²) < 4.78 is 19.4. The molecular weight excluding hydrogens is 347 g/mol. The van der Waals surface area contributed by atoms with Crippen LogP contribution in [0.25, 0.3) is 0 Å². The maximum Gasteiger partial charge on any atom is 0.255 e. The topological polar surface area (TPSA) is 70.4 Å². The molecule has 0 saturated carbocycles. The molecular formula is C20H21FN4O2. The van der Waals surface area contributed by atoms with Crippen molar-refractivity contribution in [1.82, 2.24) is 15.2 Å². The Morgan fingerprint density at radius 1 is 1.19 bits per heavy atom. The molecule has 3 aromatic rings. The van der Waals surface area contributed by atoms with Gasteiger partial charge in [-0.15, -0.1) is 0 Å². The second-order valence-electron chi connectivity index (χ2n) is 6.21. The minimum atomic E-state index is -0.417. The Balaban J connectivity index is 1.74. The SMILES string of the molecule is CN(C)C(CNC(=O)c1cccnc1Nc1ccccc1F)c1ccco1. The molecule has 0 spiro atoms. The fourth-order valence-electron chi connectivity index (χ4n) is 2.68. The number of nitrogens with one attached hydrogen (secondary N) is 2. The van der Waals surface area contributed by atoms with Crippen molar-refractivity contribution in [2.24, 2.45) is 0 Å². The molecule has 1 unspecified atom stereocenters. The number of rotatable bonds is 7. The van der Waals surface area contributed by atoms with Gasteiger partial charge in [-0.2, -0.15) is 0 Å². The van der Waals surface area contributed by atoms with E-state index in [0.717, 1.165) is 5.76 Å². The fourth-order valence-corrected chi connectivity index (χ4v) is 2.68. The number of carbonyl (C=O) groups is 1. The van der Waals surface area contributed by atoms with Crippen molar-refractivity contribution in [3.05, 3.63) is 78.1 Å². The van der Waals surface area contributed by atoms with Crippen LogP contribution in [0.2, 0.25) is 0 Å². The lowest BCUT2D eigenvalue weighted by Crippen LogP contribution is -2.34. The number of anilines is 2. The number of halogens is 1. The van der Waals surface area contributed by atoms with Gasteiger partial charge in [0.05, 0.1) is 23.6 Å². The van der Waals surface area contributed by atoms with Gasteiger partial charge in [0.25, 0.3) is 5.91 Å². The average molecular weight is 368 g/mol. The highest BCUT2D eigenvalue weighted by atomic mass is 19.1. The molecule has 7 heteroatoms. The van der Waals surface area contributed by atoms with E-state index in [1.165, 1.54) is 6.07 Å². The first kappa shape index (κ1) is 18.6. The summed E-state index contributed by atoms with van der Waals surface area (Å²) in [6.07, 6.45) is 3.15. The minimum absolute atomic E-state index is 0.108. The average Bonchev–Trinajstić information content (AvgIpc) is 3.18. The highest BCUT2D eigenvalue weighted by Crippen LogP contribution is 2.22. The first-order valence-electron chi connectivity index (χ1n) is 8.51. The molecule has 1 amide bonds. The highest BCUT2D eigenvalue weighted by Gasteiger charge is 2.20. The van der Waals surface area contributed by atoms with Gasteiger partial charge >= 0.3 is 0 Å². The van der Waals surface area contributed by atoms with Gasteiger partial charge in [-0.3, -0.25) is 9.69 Å². The van der Waals surface area contributed by atoms with E-state index in [-0.39, 0.29) is 17.6 Å². The summed E-state index contributed by atoms with van der Waals surface area (Å²) in [7, 11) is 3.82. The summed E-state index contributed by atoms with van der Waals surface area (Å²) in [6, 6.07) is 13.1. The molecule has 2 N–H and O–H groups in total. The van der Waals surface area contributed by atoms with Crippen molar-refractivity contribution >= 4 is 17.4 Å². The molecule has 2 heterocycles. The second-order valence-corrected chi connectivity index (χ2v) is 6.21. The van der Waals surface area contributed by atoms with E-state index in [1.807, 2.05) is 31.1 Å². The number of likely N-dealkylation sites (N-methyl/N-ethyl adjacent to an activating group) is 1. The number of amides is 1. The summed E-state index contributed by atoms with van der Waals surface area (Å²) in [5.74, 6) is 0.330. The zero-order chi connectivity index (χ0) is 19.2. The van der Waals surface area contributed by atoms with Crippen molar-refractivity contribution in [2.45, 2.75) is 6.04 Å². The van der Waals surface area contributed by atoms with Gasteiger partial charge in [0.2, 0.25) is 0 Å². The van der Waals surface area contributed by atoms with Crippen LogP contribution in [0.1, 0.15) is 22.2 Å². The summed E-state index contributed by atoms with van der Waals surface area (Å²) in [4.78, 5) is 18.8. The monoisotopic (exact) mass is 368 g/mol. The highest BCUT2D eigenvalue weighted by molar-refractivity contribution is 5.99. The van der Waals surface area contributed by atoms with Crippen LogP contribution < -0.4 is 10.6 Å². The number of aromatic nitrogens is 1. The number of nitrogens with zero attached hydrogens (tertiary/aromatic N) is 2. The van der Waals surface area contributed by atoms with Crippen molar-refractivity contribution in [3.8, 4) is 0 Å².